The first-order chi connectivity index (χ1) is 6.59. The molecular weight excluding hydrogens is 200 g/mol. The number of aromatic carboxylic acids is 1. The van der Waals surface area contributed by atoms with Gasteiger partial charge in [0.1, 0.15) is 0 Å². The van der Waals surface area contributed by atoms with Crippen LogP contribution in [0.4, 0.5) is 0 Å². The molecule has 1 rings (SSSR count). The zero-order valence-corrected chi connectivity index (χ0v) is 8.62. The van der Waals surface area contributed by atoms with Crippen LogP contribution in [-0.4, -0.2) is 28.0 Å². The molecule has 1 aromatic carbocycles. The van der Waals surface area contributed by atoms with Crippen LogP contribution in [0.5, 0.6) is 0 Å². The SMILES string of the molecule is CC(O)CSc1cccc(C(=O)O)c1. The van der Waals surface area contributed by atoms with E-state index in [9.17, 15) is 4.79 Å². The Morgan fingerprint density at radius 1 is 1.57 bits per heavy atom. The lowest BCUT2D eigenvalue weighted by molar-refractivity contribution is 0.0696. The van der Waals surface area contributed by atoms with Crippen molar-refractivity contribution in [3.05, 3.63) is 29.8 Å². The number of aliphatic hydroxyl groups excluding tert-OH is 1. The summed E-state index contributed by atoms with van der Waals surface area (Å²) in [7, 11) is 0. The minimum absolute atomic E-state index is 0.278. The molecule has 0 saturated heterocycles. The van der Waals surface area contributed by atoms with Gasteiger partial charge in [-0.25, -0.2) is 4.79 Å². The summed E-state index contributed by atoms with van der Waals surface area (Å²) in [4.78, 5) is 11.5. The molecule has 3 nitrogen and oxygen atoms in total. The highest BCUT2D eigenvalue weighted by molar-refractivity contribution is 7.99. The van der Waals surface area contributed by atoms with Gasteiger partial charge in [-0.15, -0.1) is 11.8 Å². The summed E-state index contributed by atoms with van der Waals surface area (Å²) in [5.41, 5.74) is 0.278. The minimum Gasteiger partial charge on any atom is -0.478 e. The average Bonchev–Trinajstić information content (AvgIpc) is 2.15. The normalized spacial score (nSPS) is 12.4. The third-order valence-corrected chi connectivity index (χ3v) is 2.81. The summed E-state index contributed by atoms with van der Waals surface area (Å²) in [6, 6.07) is 6.69. The molecule has 0 saturated carbocycles. The van der Waals surface area contributed by atoms with Crippen LogP contribution in [0.1, 0.15) is 17.3 Å². The second-order valence-corrected chi connectivity index (χ2v) is 4.09. The molecule has 0 fully saturated rings. The van der Waals surface area contributed by atoms with Gasteiger partial charge < -0.3 is 10.2 Å². The summed E-state index contributed by atoms with van der Waals surface area (Å²) < 4.78 is 0. The molecule has 76 valence electrons. The summed E-state index contributed by atoms with van der Waals surface area (Å²) in [6.07, 6.45) is -0.381. The maximum absolute atomic E-state index is 10.6. The van der Waals surface area contributed by atoms with Gasteiger partial charge >= 0.3 is 5.97 Å². The lowest BCUT2D eigenvalue weighted by Gasteiger charge is -2.04. The van der Waals surface area contributed by atoms with Crippen molar-refractivity contribution in [2.24, 2.45) is 0 Å². The number of hydrogen-bond acceptors (Lipinski definition) is 3. The van der Waals surface area contributed by atoms with E-state index in [-0.39, 0.29) is 11.7 Å². The van der Waals surface area contributed by atoms with Crippen LogP contribution >= 0.6 is 11.8 Å². The van der Waals surface area contributed by atoms with Crippen molar-refractivity contribution < 1.29 is 15.0 Å². The van der Waals surface area contributed by atoms with Gasteiger partial charge in [-0.05, 0) is 25.1 Å². The van der Waals surface area contributed by atoms with E-state index in [1.165, 1.54) is 11.8 Å². The quantitative estimate of drug-likeness (QED) is 0.748. The molecular formula is C10H12O3S. The largest absolute Gasteiger partial charge is 0.478 e. The Bertz CT molecular complexity index is 323. The van der Waals surface area contributed by atoms with Gasteiger partial charge in [0.25, 0.3) is 0 Å². The Kier molecular flexibility index (Phi) is 3.98. The van der Waals surface area contributed by atoms with Crippen LogP contribution in [0.25, 0.3) is 0 Å². The molecule has 0 spiro atoms. The molecule has 0 amide bonds. The third-order valence-electron chi connectivity index (χ3n) is 1.57. The summed E-state index contributed by atoms with van der Waals surface area (Å²) in [6.45, 7) is 1.70. The number of hydrogen-bond donors (Lipinski definition) is 2. The average molecular weight is 212 g/mol. The van der Waals surface area contributed by atoms with Crippen LogP contribution < -0.4 is 0 Å². The van der Waals surface area contributed by atoms with Crippen LogP contribution in [0.15, 0.2) is 29.2 Å². The monoisotopic (exact) mass is 212 g/mol. The summed E-state index contributed by atoms with van der Waals surface area (Å²) in [5.74, 6) is -0.354. The van der Waals surface area contributed by atoms with Gasteiger partial charge in [-0.1, -0.05) is 6.07 Å². The van der Waals surface area contributed by atoms with E-state index < -0.39 is 5.97 Å². The topological polar surface area (TPSA) is 57.5 Å². The van der Waals surface area contributed by atoms with Gasteiger partial charge in [0.15, 0.2) is 0 Å². The predicted octanol–water partition coefficient (Wildman–Crippen LogP) is 1.86. The Labute approximate surface area is 86.8 Å². The molecule has 1 atom stereocenters. The number of benzene rings is 1. The van der Waals surface area contributed by atoms with Crippen molar-refractivity contribution in [3.8, 4) is 0 Å². The number of carboxylic acids is 1. The summed E-state index contributed by atoms with van der Waals surface area (Å²) >= 11 is 1.45. The number of thioether (sulfide) groups is 1. The van der Waals surface area contributed by atoms with Crippen molar-refractivity contribution >= 4 is 17.7 Å². The highest BCUT2D eigenvalue weighted by Gasteiger charge is 2.04. The molecule has 0 aliphatic carbocycles. The number of aliphatic hydroxyl groups is 1. The molecule has 0 bridgehead atoms. The van der Waals surface area contributed by atoms with E-state index in [1.807, 2.05) is 6.07 Å². The maximum Gasteiger partial charge on any atom is 0.335 e. The van der Waals surface area contributed by atoms with E-state index in [2.05, 4.69) is 0 Å². The van der Waals surface area contributed by atoms with E-state index in [0.717, 1.165) is 4.90 Å². The Morgan fingerprint density at radius 3 is 2.86 bits per heavy atom. The first kappa shape index (κ1) is 11.1. The predicted molar refractivity (Wildman–Crippen MR) is 55.8 cm³/mol. The van der Waals surface area contributed by atoms with Crippen molar-refractivity contribution in [2.45, 2.75) is 17.9 Å². The fraction of sp³-hybridized carbons (Fsp3) is 0.300. The fourth-order valence-corrected chi connectivity index (χ4v) is 1.75. The number of carbonyl (C=O) groups is 1. The summed E-state index contributed by atoms with van der Waals surface area (Å²) in [5, 5.41) is 17.8. The van der Waals surface area contributed by atoms with E-state index in [4.69, 9.17) is 10.2 Å². The zero-order chi connectivity index (χ0) is 10.6. The van der Waals surface area contributed by atoms with E-state index in [1.54, 1.807) is 25.1 Å². The standard InChI is InChI=1S/C10H12O3S/c1-7(11)6-14-9-4-2-3-8(5-9)10(12)13/h2-5,7,11H,6H2,1H3,(H,12,13). The molecule has 0 heterocycles. The van der Waals surface area contributed by atoms with Crippen LogP contribution in [0, 0.1) is 0 Å². The molecule has 0 aromatic heterocycles. The van der Waals surface area contributed by atoms with Crippen molar-refractivity contribution in [2.75, 3.05) is 5.75 Å². The van der Waals surface area contributed by atoms with Crippen LogP contribution in [0.3, 0.4) is 0 Å². The molecule has 14 heavy (non-hydrogen) atoms. The molecule has 2 N–H and O–H groups in total. The Morgan fingerprint density at radius 2 is 2.29 bits per heavy atom. The van der Waals surface area contributed by atoms with Gasteiger partial charge in [0.2, 0.25) is 0 Å². The molecule has 0 radical (unpaired) electrons. The van der Waals surface area contributed by atoms with Crippen LogP contribution in [-0.2, 0) is 0 Å². The van der Waals surface area contributed by atoms with E-state index >= 15 is 0 Å². The Hall–Kier alpha value is -1.00. The first-order valence-electron chi connectivity index (χ1n) is 4.24. The van der Waals surface area contributed by atoms with Gasteiger partial charge in [-0.3, -0.25) is 0 Å². The molecule has 1 aromatic rings. The molecule has 4 heteroatoms. The highest BCUT2D eigenvalue weighted by atomic mass is 32.2. The Balaban J connectivity index is 2.69. The van der Waals surface area contributed by atoms with Crippen molar-refractivity contribution in [3.63, 3.8) is 0 Å². The molecule has 0 aliphatic rings. The van der Waals surface area contributed by atoms with Gasteiger partial charge in [-0.2, -0.15) is 0 Å². The smallest absolute Gasteiger partial charge is 0.335 e. The van der Waals surface area contributed by atoms with Crippen molar-refractivity contribution in [1.29, 1.82) is 0 Å². The highest BCUT2D eigenvalue weighted by Crippen LogP contribution is 2.19. The van der Waals surface area contributed by atoms with Gasteiger partial charge in [0, 0.05) is 10.6 Å². The maximum atomic E-state index is 10.6. The molecule has 0 aliphatic heterocycles. The third kappa shape index (κ3) is 3.40. The fourth-order valence-electron chi connectivity index (χ4n) is 0.936. The number of carboxylic acid groups (broad SMARTS) is 1. The van der Waals surface area contributed by atoms with Crippen molar-refractivity contribution in [1.82, 2.24) is 0 Å². The zero-order valence-electron chi connectivity index (χ0n) is 7.80. The lowest BCUT2D eigenvalue weighted by Crippen LogP contribution is -2.02. The lowest BCUT2D eigenvalue weighted by atomic mass is 10.2. The van der Waals surface area contributed by atoms with Crippen LogP contribution in [0.2, 0.25) is 0 Å². The van der Waals surface area contributed by atoms with Gasteiger partial charge in [0.05, 0.1) is 11.7 Å². The minimum atomic E-state index is -0.926. The number of rotatable bonds is 4. The second kappa shape index (κ2) is 5.02. The van der Waals surface area contributed by atoms with E-state index in [0.29, 0.717) is 5.75 Å². The second-order valence-electron chi connectivity index (χ2n) is 2.99. The first-order valence-corrected chi connectivity index (χ1v) is 5.22. The molecule has 1 unspecified atom stereocenters.